The van der Waals surface area contributed by atoms with Crippen LogP contribution >= 0.6 is 0 Å². The molecule has 0 N–H and O–H groups in total. The number of sulfonamides is 1. The Hall–Kier alpha value is -3.24. The van der Waals surface area contributed by atoms with Gasteiger partial charge >= 0.3 is 0 Å². The molecule has 0 aliphatic carbocycles. The van der Waals surface area contributed by atoms with E-state index in [-0.39, 0.29) is 42.7 Å². The molecule has 0 atom stereocenters. The molecule has 3 aromatic rings. The van der Waals surface area contributed by atoms with Crippen LogP contribution in [0, 0.1) is 10.1 Å². The summed E-state index contributed by atoms with van der Waals surface area (Å²) in [7, 11) is -4.04. The Kier molecular flexibility index (Phi) is 4.81. The molecule has 1 saturated heterocycles. The molecule has 150 valence electrons. The van der Waals surface area contributed by atoms with E-state index < -0.39 is 20.6 Å². The smallest absolute Gasteiger partial charge is 0.289 e. The van der Waals surface area contributed by atoms with Crippen molar-refractivity contribution < 1.29 is 22.6 Å². The molecule has 1 amide bonds. The zero-order valence-electron chi connectivity index (χ0n) is 15.2. The second-order valence-corrected chi connectivity index (χ2v) is 8.48. The van der Waals surface area contributed by atoms with Crippen LogP contribution in [0.5, 0.6) is 0 Å². The number of benzene rings is 2. The second-order valence-electron chi connectivity index (χ2n) is 6.57. The minimum atomic E-state index is -4.04. The number of piperazine rings is 1. The van der Waals surface area contributed by atoms with Crippen molar-refractivity contribution in [1.82, 2.24) is 9.21 Å². The van der Waals surface area contributed by atoms with Crippen molar-refractivity contribution in [3.8, 4) is 0 Å². The molecule has 0 spiro atoms. The van der Waals surface area contributed by atoms with Crippen molar-refractivity contribution >= 4 is 32.6 Å². The highest BCUT2D eigenvalue weighted by molar-refractivity contribution is 7.89. The van der Waals surface area contributed by atoms with E-state index >= 15 is 0 Å². The monoisotopic (exact) mass is 415 g/mol. The van der Waals surface area contributed by atoms with E-state index in [2.05, 4.69) is 0 Å². The number of carbonyl (C=O) groups is 1. The summed E-state index contributed by atoms with van der Waals surface area (Å²) >= 11 is 0. The SMILES string of the molecule is O=C(c1cc2ccccc2o1)N1CCN(S(=O)(=O)c2ccccc2[N+](=O)[O-])CC1. The lowest BCUT2D eigenvalue weighted by molar-refractivity contribution is -0.387. The van der Waals surface area contributed by atoms with Gasteiger partial charge in [0.2, 0.25) is 10.0 Å². The lowest BCUT2D eigenvalue weighted by atomic mass is 10.2. The maximum Gasteiger partial charge on any atom is 0.289 e. The van der Waals surface area contributed by atoms with Gasteiger partial charge in [-0.2, -0.15) is 4.31 Å². The molecule has 0 unspecified atom stereocenters. The molecule has 2 aromatic carbocycles. The lowest BCUT2D eigenvalue weighted by Gasteiger charge is -2.33. The fourth-order valence-corrected chi connectivity index (χ4v) is 4.92. The molecule has 1 fully saturated rings. The van der Waals surface area contributed by atoms with Gasteiger partial charge in [0.25, 0.3) is 11.6 Å². The molecule has 1 aliphatic rings. The van der Waals surface area contributed by atoms with Gasteiger partial charge in [-0.15, -0.1) is 0 Å². The first-order chi connectivity index (χ1) is 13.9. The number of rotatable bonds is 4. The highest BCUT2D eigenvalue weighted by Gasteiger charge is 2.35. The number of amides is 1. The van der Waals surface area contributed by atoms with Crippen molar-refractivity contribution in [2.24, 2.45) is 0 Å². The minimum absolute atomic E-state index is 0.0420. The molecule has 10 heteroatoms. The summed E-state index contributed by atoms with van der Waals surface area (Å²) in [6.45, 7) is 0.409. The van der Waals surface area contributed by atoms with Crippen LogP contribution < -0.4 is 0 Å². The number of nitro groups is 1. The molecule has 1 aliphatic heterocycles. The van der Waals surface area contributed by atoms with E-state index in [9.17, 15) is 23.3 Å². The summed E-state index contributed by atoms with van der Waals surface area (Å²) < 4.78 is 32.5. The van der Waals surface area contributed by atoms with Crippen molar-refractivity contribution in [2.45, 2.75) is 4.90 Å². The van der Waals surface area contributed by atoms with Crippen molar-refractivity contribution in [1.29, 1.82) is 0 Å². The third-order valence-corrected chi connectivity index (χ3v) is 6.79. The number of nitrogens with zero attached hydrogens (tertiary/aromatic N) is 3. The van der Waals surface area contributed by atoms with Gasteiger partial charge < -0.3 is 9.32 Å². The molecule has 0 bridgehead atoms. The van der Waals surface area contributed by atoms with Crippen LogP contribution in [0.25, 0.3) is 11.0 Å². The Bertz CT molecular complexity index is 1160. The predicted octanol–water partition coefficient (Wildman–Crippen LogP) is 2.49. The summed E-state index contributed by atoms with van der Waals surface area (Å²) in [4.78, 5) is 24.4. The van der Waals surface area contributed by atoms with E-state index in [1.807, 2.05) is 18.2 Å². The number of carbonyl (C=O) groups excluding carboxylic acids is 1. The molecule has 0 radical (unpaired) electrons. The first-order valence-corrected chi connectivity index (χ1v) is 10.3. The predicted molar refractivity (Wildman–Crippen MR) is 104 cm³/mol. The van der Waals surface area contributed by atoms with Gasteiger partial charge in [-0.3, -0.25) is 14.9 Å². The summed E-state index contributed by atoms with van der Waals surface area (Å²) in [6, 6.07) is 14.2. The van der Waals surface area contributed by atoms with Crippen LogP contribution in [-0.4, -0.2) is 54.6 Å². The third kappa shape index (κ3) is 3.47. The van der Waals surface area contributed by atoms with Gasteiger partial charge in [0, 0.05) is 37.6 Å². The fourth-order valence-electron chi connectivity index (χ4n) is 3.34. The highest BCUT2D eigenvalue weighted by atomic mass is 32.2. The van der Waals surface area contributed by atoms with Crippen LogP contribution in [0.1, 0.15) is 10.6 Å². The molecular formula is C19H17N3O6S. The van der Waals surface area contributed by atoms with Crippen molar-refractivity contribution in [2.75, 3.05) is 26.2 Å². The summed E-state index contributed by atoms with van der Waals surface area (Å²) in [5.74, 6) is -0.120. The van der Waals surface area contributed by atoms with Crippen LogP contribution in [-0.2, 0) is 10.0 Å². The van der Waals surface area contributed by atoms with Gasteiger partial charge in [-0.25, -0.2) is 8.42 Å². The van der Waals surface area contributed by atoms with Crippen LogP contribution in [0.3, 0.4) is 0 Å². The highest BCUT2D eigenvalue weighted by Crippen LogP contribution is 2.27. The Balaban J connectivity index is 1.50. The Morgan fingerprint density at radius 1 is 1.00 bits per heavy atom. The second kappa shape index (κ2) is 7.30. The normalized spacial score (nSPS) is 15.5. The minimum Gasteiger partial charge on any atom is -0.451 e. The van der Waals surface area contributed by atoms with Gasteiger partial charge in [-0.1, -0.05) is 30.3 Å². The molecule has 2 heterocycles. The van der Waals surface area contributed by atoms with Crippen LogP contribution in [0.15, 0.2) is 63.9 Å². The Labute approximate surface area is 166 Å². The Morgan fingerprint density at radius 2 is 1.66 bits per heavy atom. The topological polar surface area (TPSA) is 114 Å². The number of nitro benzene ring substituents is 1. The molecule has 29 heavy (non-hydrogen) atoms. The van der Waals surface area contributed by atoms with E-state index in [0.717, 1.165) is 15.8 Å². The summed E-state index contributed by atoms with van der Waals surface area (Å²) in [6.07, 6.45) is 0. The van der Waals surface area contributed by atoms with Gasteiger partial charge in [0.1, 0.15) is 5.58 Å². The van der Waals surface area contributed by atoms with Gasteiger partial charge in [0.05, 0.1) is 4.92 Å². The quantitative estimate of drug-likeness (QED) is 0.478. The van der Waals surface area contributed by atoms with E-state index in [1.54, 1.807) is 12.1 Å². The Morgan fingerprint density at radius 3 is 2.34 bits per heavy atom. The maximum absolute atomic E-state index is 12.9. The van der Waals surface area contributed by atoms with E-state index in [0.29, 0.717) is 5.58 Å². The number of para-hydroxylation sites is 2. The van der Waals surface area contributed by atoms with Gasteiger partial charge in [0.15, 0.2) is 10.7 Å². The number of hydrogen-bond donors (Lipinski definition) is 0. The summed E-state index contributed by atoms with van der Waals surface area (Å²) in [5, 5.41) is 12.0. The molecule has 9 nitrogen and oxygen atoms in total. The van der Waals surface area contributed by atoms with Crippen LogP contribution in [0.4, 0.5) is 5.69 Å². The first kappa shape index (κ1) is 19.1. The molecule has 1 aromatic heterocycles. The first-order valence-electron chi connectivity index (χ1n) is 8.89. The number of furan rings is 1. The zero-order valence-corrected chi connectivity index (χ0v) is 16.0. The molecule has 0 saturated carbocycles. The third-order valence-electron chi connectivity index (χ3n) is 4.84. The fraction of sp³-hybridized carbons (Fsp3) is 0.211. The lowest BCUT2D eigenvalue weighted by Crippen LogP contribution is -2.50. The van der Waals surface area contributed by atoms with Gasteiger partial charge in [-0.05, 0) is 18.2 Å². The average molecular weight is 415 g/mol. The number of fused-ring (bicyclic) bond motifs is 1. The largest absolute Gasteiger partial charge is 0.451 e. The molecular weight excluding hydrogens is 398 g/mol. The summed E-state index contributed by atoms with van der Waals surface area (Å²) in [5.41, 5.74) is 0.140. The maximum atomic E-state index is 12.9. The van der Waals surface area contributed by atoms with Crippen molar-refractivity contribution in [3.63, 3.8) is 0 Å². The van der Waals surface area contributed by atoms with Crippen LogP contribution in [0.2, 0.25) is 0 Å². The van der Waals surface area contributed by atoms with Crippen molar-refractivity contribution in [3.05, 3.63) is 70.5 Å². The standard InChI is InChI=1S/C19H17N3O6S/c23-19(17-13-14-5-1-3-7-16(14)28-17)20-9-11-21(12-10-20)29(26,27)18-8-4-2-6-15(18)22(24)25/h1-8,13H,9-12H2. The number of hydrogen-bond acceptors (Lipinski definition) is 6. The zero-order chi connectivity index (χ0) is 20.6. The molecule has 4 rings (SSSR count). The van der Waals surface area contributed by atoms with E-state index in [4.69, 9.17) is 4.42 Å². The van der Waals surface area contributed by atoms with E-state index in [1.165, 1.54) is 23.1 Å². The average Bonchev–Trinajstić information content (AvgIpc) is 3.17.